The highest BCUT2D eigenvalue weighted by Crippen LogP contribution is 2.29. The van der Waals surface area contributed by atoms with Gasteiger partial charge >= 0.3 is 0 Å². The molecule has 19 heavy (non-hydrogen) atoms. The van der Waals surface area contributed by atoms with Gasteiger partial charge in [-0.3, -0.25) is 0 Å². The van der Waals surface area contributed by atoms with Gasteiger partial charge in [-0.1, -0.05) is 32.0 Å². The maximum Gasteiger partial charge on any atom is 0.0781 e. The second-order valence-corrected chi connectivity index (χ2v) is 4.89. The van der Waals surface area contributed by atoms with Crippen molar-refractivity contribution in [3.8, 4) is 0 Å². The van der Waals surface area contributed by atoms with Crippen LogP contribution in [0.2, 0.25) is 0 Å². The predicted molar refractivity (Wildman–Crippen MR) is 80.7 cm³/mol. The molecule has 0 aromatic heterocycles. The Kier molecular flexibility index (Phi) is 6.89. The second-order valence-electron chi connectivity index (χ2n) is 4.89. The van der Waals surface area contributed by atoms with Crippen LogP contribution in [0.25, 0.3) is 0 Å². The van der Waals surface area contributed by atoms with Gasteiger partial charge in [-0.2, -0.15) is 0 Å². The number of para-hydroxylation sites is 1. The summed E-state index contributed by atoms with van der Waals surface area (Å²) < 4.78 is 5.23. The fraction of sp³-hybridized carbons (Fsp3) is 0.625. The fourth-order valence-corrected chi connectivity index (χ4v) is 2.52. The average Bonchev–Trinajstić information content (AvgIpc) is 2.43. The Morgan fingerprint density at radius 1 is 1.21 bits per heavy atom. The van der Waals surface area contributed by atoms with Gasteiger partial charge in [0, 0.05) is 30.9 Å². The van der Waals surface area contributed by atoms with Crippen LogP contribution in [0.4, 0.5) is 5.69 Å². The Labute approximate surface area is 117 Å². The molecule has 0 amide bonds. The number of hydrogen-bond donors (Lipinski definition) is 1. The molecule has 1 aromatic carbocycles. The summed E-state index contributed by atoms with van der Waals surface area (Å²) in [6.07, 6.45) is 1.73. The molecule has 0 fully saturated rings. The number of rotatable bonds is 8. The van der Waals surface area contributed by atoms with Crippen LogP contribution >= 0.6 is 0 Å². The second kappa shape index (κ2) is 8.18. The van der Waals surface area contributed by atoms with Crippen molar-refractivity contribution < 1.29 is 9.84 Å². The van der Waals surface area contributed by atoms with Crippen molar-refractivity contribution in [2.75, 3.05) is 25.2 Å². The van der Waals surface area contributed by atoms with Crippen molar-refractivity contribution in [1.82, 2.24) is 0 Å². The number of methoxy groups -OCH3 is 1. The number of ether oxygens (including phenoxy) is 1. The van der Waals surface area contributed by atoms with Gasteiger partial charge in [-0.25, -0.2) is 0 Å². The molecular weight excluding hydrogens is 238 g/mol. The number of aliphatic hydroxyl groups is 1. The van der Waals surface area contributed by atoms with E-state index in [1.807, 2.05) is 25.1 Å². The summed E-state index contributed by atoms with van der Waals surface area (Å²) >= 11 is 0. The zero-order valence-corrected chi connectivity index (χ0v) is 12.6. The summed E-state index contributed by atoms with van der Waals surface area (Å²) in [5, 5.41) is 9.95. The molecule has 0 spiro atoms. The van der Waals surface area contributed by atoms with Gasteiger partial charge in [0.15, 0.2) is 0 Å². The SMILES string of the molecule is CCC(CC)N(CCOC)c1ccccc1[C@H](C)O. The monoisotopic (exact) mass is 265 g/mol. The van der Waals surface area contributed by atoms with Crippen molar-refractivity contribution >= 4 is 5.69 Å². The van der Waals surface area contributed by atoms with Crippen molar-refractivity contribution in [2.45, 2.75) is 45.8 Å². The van der Waals surface area contributed by atoms with E-state index < -0.39 is 6.10 Å². The van der Waals surface area contributed by atoms with E-state index >= 15 is 0 Å². The van der Waals surface area contributed by atoms with Gasteiger partial charge in [0.25, 0.3) is 0 Å². The lowest BCUT2D eigenvalue weighted by Crippen LogP contribution is -2.37. The minimum absolute atomic E-state index is 0.449. The molecule has 0 heterocycles. The molecule has 0 saturated carbocycles. The van der Waals surface area contributed by atoms with Crippen LogP contribution in [0.1, 0.15) is 45.3 Å². The third-order valence-corrected chi connectivity index (χ3v) is 3.62. The molecule has 0 saturated heterocycles. The minimum Gasteiger partial charge on any atom is -0.389 e. The van der Waals surface area contributed by atoms with Crippen LogP contribution in [0.3, 0.4) is 0 Å². The number of anilines is 1. The maximum absolute atomic E-state index is 9.95. The Morgan fingerprint density at radius 2 is 1.84 bits per heavy atom. The van der Waals surface area contributed by atoms with Crippen LogP contribution in [0, 0.1) is 0 Å². The molecule has 108 valence electrons. The van der Waals surface area contributed by atoms with Crippen molar-refractivity contribution in [1.29, 1.82) is 0 Å². The van der Waals surface area contributed by atoms with E-state index in [0.29, 0.717) is 12.6 Å². The number of nitrogens with zero attached hydrogens (tertiary/aromatic N) is 1. The summed E-state index contributed by atoms with van der Waals surface area (Å²) in [4.78, 5) is 2.37. The Hall–Kier alpha value is -1.06. The molecule has 0 aliphatic carbocycles. The first kappa shape index (κ1) is 16.0. The highest BCUT2D eigenvalue weighted by Gasteiger charge is 2.19. The van der Waals surface area contributed by atoms with E-state index in [0.717, 1.165) is 30.6 Å². The third-order valence-electron chi connectivity index (χ3n) is 3.62. The van der Waals surface area contributed by atoms with Gasteiger partial charge in [0.05, 0.1) is 12.7 Å². The molecule has 0 aliphatic heterocycles. The molecule has 0 unspecified atom stereocenters. The molecule has 1 N–H and O–H groups in total. The summed E-state index contributed by atoms with van der Waals surface area (Å²) in [5.41, 5.74) is 2.12. The number of benzene rings is 1. The lowest BCUT2D eigenvalue weighted by Gasteiger charge is -2.34. The van der Waals surface area contributed by atoms with Gasteiger partial charge < -0.3 is 14.7 Å². The van der Waals surface area contributed by atoms with Crippen LogP contribution < -0.4 is 4.90 Å². The average molecular weight is 265 g/mol. The quantitative estimate of drug-likeness (QED) is 0.782. The van der Waals surface area contributed by atoms with E-state index in [1.165, 1.54) is 0 Å². The summed E-state index contributed by atoms with van der Waals surface area (Å²) in [6.45, 7) is 7.79. The standard InChI is InChI=1S/C16H27NO2/c1-5-14(6-2)17(11-12-19-4)16-10-8-7-9-15(16)13(3)18/h7-10,13-14,18H,5-6,11-12H2,1-4H3/t13-/m0/s1. The van der Waals surface area contributed by atoms with Crippen LogP contribution in [-0.4, -0.2) is 31.4 Å². The summed E-state index contributed by atoms with van der Waals surface area (Å²) in [5.74, 6) is 0. The molecule has 1 rings (SSSR count). The number of hydrogen-bond acceptors (Lipinski definition) is 3. The van der Waals surface area contributed by atoms with Crippen LogP contribution in [0.5, 0.6) is 0 Å². The topological polar surface area (TPSA) is 32.7 Å². The van der Waals surface area contributed by atoms with Crippen molar-refractivity contribution in [3.05, 3.63) is 29.8 Å². The Bertz CT molecular complexity index is 362. The molecule has 0 radical (unpaired) electrons. The van der Waals surface area contributed by atoms with E-state index in [-0.39, 0.29) is 0 Å². The van der Waals surface area contributed by atoms with E-state index in [2.05, 4.69) is 24.8 Å². The normalized spacial score (nSPS) is 12.7. The lowest BCUT2D eigenvalue weighted by molar-refractivity contribution is 0.196. The third kappa shape index (κ3) is 4.22. The van der Waals surface area contributed by atoms with E-state index in [1.54, 1.807) is 7.11 Å². The predicted octanol–water partition coefficient (Wildman–Crippen LogP) is 3.38. The molecule has 0 aliphatic rings. The number of aliphatic hydroxyl groups excluding tert-OH is 1. The first-order chi connectivity index (χ1) is 9.15. The zero-order valence-electron chi connectivity index (χ0n) is 12.6. The summed E-state index contributed by atoms with van der Waals surface area (Å²) in [6, 6.07) is 8.59. The van der Waals surface area contributed by atoms with Crippen molar-refractivity contribution in [3.63, 3.8) is 0 Å². The van der Waals surface area contributed by atoms with E-state index in [9.17, 15) is 5.11 Å². The molecular formula is C16H27NO2. The molecule has 3 nitrogen and oxygen atoms in total. The van der Waals surface area contributed by atoms with Gasteiger partial charge in [0.1, 0.15) is 0 Å². The lowest BCUT2D eigenvalue weighted by atomic mass is 10.0. The fourth-order valence-electron chi connectivity index (χ4n) is 2.52. The highest BCUT2D eigenvalue weighted by atomic mass is 16.5. The molecule has 1 aromatic rings. The Morgan fingerprint density at radius 3 is 2.37 bits per heavy atom. The molecule has 0 bridgehead atoms. The summed E-state index contributed by atoms with van der Waals surface area (Å²) in [7, 11) is 1.73. The largest absolute Gasteiger partial charge is 0.389 e. The first-order valence-corrected chi connectivity index (χ1v) is 7.18. The Balaban J connectivity index is 3.08. The maximum atomic E-state index is 9.95. The highest BCUT2D eigenvalue weighted by molar-refractivity contribution is 5.55. The van der Waals surface area contributed by atoms with Crippen LogP contribution in [0.15, 0.2) is 24.3 Å². The van der Waals surface area contributed by atoms with Gasteiger partial charge in [-0.15, -0.1) is 0 Å². The van der Waals surface area contributed by atoms with Gasteiger partial charge in [0.2, 0.25) is 0 Å². The smallest absolute Gasteiger partial charge is 0.0781 e. The first-order valence-electron chi connectivity index (χ1n) is 7.18. The zero-order chi connectivity index (χ0) is 14.3. The molecule has 1 atom stereocenters. The molecule has 3 heteroatoms. The minimum atomic E-state index is -0.449. The van der Waals surface area contributed by atoms with E-state index in [4.69, 9.17) is 4.74 Å². The van der Waals surface area contributed by atoms with Crippen LogP contribution in [-0.2, 0) is 4.74 Å². The van der Waals surface area contributed by atoms with Crippen molar-refractivity contribution in [2.24, 2.45) is 0 Å². The van der Waals surface area contributed by atoms with Gasteiger partial charge in [-0.05, 0) is 25.8 Å².